The zero-order valence-corrected chi connectivity index (χ0v) is 12.5. The number of rotatable bonds is 3. The van der Waals surface area contributed by atoms with Crippen LogP contribution in [0, 0.1) is 10.1 Å². The van der Waals surface area contributed by atoms with Gasteiger partial charge in [0.15, 0.2) is 0 Å². The second-order valence-corrected chi connectivity index (χ2v) is 5.70. The average Bonchev–Trinajstić information content (AvgIpc) is 2.24. The first kappa shape index (κ1) is 15.4. The summed E-state index contributed by atoms with van der Waals surface area (Å²) in [6, 6.07) is 4.63. The first-order chi connectivity index (χ1) is 8.70. The molecule has 104 valence electrons. The molecule has 1 rings (SSSR count). The molecule has 0 heterocycles. The van der Waals surface area contributed by atoms with E-state index in [9.17, 15) is 14.9 Å². The van der Waals surface area contributed by atoms with Gasteiger partial charge in [-0.2, -0.15) is 0 Å². The summed E-state index contributed by atoms with van der Waals surface area (Å²) >= 11 is 3.23. The van der Waals surface area contributed by atoms with Gasteiger partial charge in [-0.25, -0.2) is 4.79 Å². The van der Waals surface area contributed by atoms with Gasteiger partial charge in [0.05, 0.1) is 17.0 Å². The fourth-order valence-corrected chi connectivity index (χ4v) is 1.86. The minimum atomic E-state index is -0.613. The number of hydrogen-bond acceptors (Lipinski definition) is 4. The molecule has 0 aliphatic rings. The van der Waals surface area contributed by atoms with Gasteiger partial charge in [0.25, 0.3) is 5.69 Å². The van der Waals surface area contributed by atoms with Crippen molar-refractivity contribution in [1.82, 2.24) is 5.32 Å². The third-order valence-electron chi connectivity index (χ3n) is 2.10. The molecule has 0 aromatic heterocycles. The number of nitro benzene ring substituents is 1. The van der Waals surface area contributed by atoms with E-state index in [2.05, 4.69) is 21.2 Å². The third kappa shape index (κ3) is 4.86. The van der Waals surface area contributed by atoms with Gasteiger partial charge in [-0.15, -0.1) is 0 Å². The topological polar surface area (TPSA) is 81.5 Å². The molecule has 0 fully saturated rings. The Morgan fingerprint density at radius 2 is 2.11 bits per heavy atom. The Morgan fingerprint density at radius 3 is 2.63 bits per heavy atom. The quantitative estimate of drug-likeness (QED) is 0.680. The molecule has 1 N–H and O–H groups in total. The number of ether oxygens (including phenoxy) is 1. The minimum Gasteiger partial charge on any atom is -0.444 e. The van der Waals surface area contributed by atoms with Crippen LogP contribution < -0.4 is 5.32 Å². The number of benzene rings is 1. The van der Waals surface area contributed by atoms with Crippen molar-refractivity contribution in [2.24, 2.45) is 0 Å². The van der Waals surface area contributed by atoms with Crippen molar-refractivity contribution < 1.29 is 14.5 Å². The fraction of sp³-hybridized carbons (Fsp3) is 0.417. The summed E-state index contributed by atoms with van der Waals surface area (Å²) in [4.78, 5) is 21.9. The lowest BCUT2D eigenvalue weighted by molar-refractivity contribution is -0.385. The van der Waals surface area contributed by atoms with E-state index in [-0.39, 0.29) is 12.2 Å². The summed E-state index contributed by atoms with van der Waals surface area (Å²) in [6.45, 7) is 5.25. The van der Waals surface area contributed by atoms with Crippen molar-refractivity contribution in [3.05, 3.63) is 38.3 Å². The summed E-state index contributed by atoms with van der Waals surface area (Å²) in [5.41, 5.74) is -0.256. The Bertz CT molecular complexity index is 497. The molecule has 19 heavy (non-hydrogen) atoms. The van der Waals surface area contributed by atoms with Crippen LogP contribution in [0.1, 0.15) is 26.3 Å². The van der Waals surface area contributed by atoms with Crippen LogP contribution in [0.15, 0.2) is 22.7 Å². The number of nitrogens with zero attached hydrogens (tertiary/aromatic N) is 1. The van der Waals surface area contributed by atoms with E-state index < -0.39 is 16.6 Å². The molecule has 0 saturated carbocycles. The average molecular weight is 331 g/mol. The molecule has 0 unspecified atom stereocenters. The molecule has 0 aliphatic heterocycles. The standard InChI is InChI=1S/C12H15BrN2O4/c1-12(2,3)19-11(16)14-7-8-9(13)5-4-6-10(8)15(17)18/h4-6H,7H2,1-3H3,(H,14,16). The van der Waals surface area contributed by atoms with Crippen LogP contribution in [-0.4, -0.2) is 16.6 Å². The maximum Gasteiger partial charge on any atom is 0.407 e. The van der Waals surface area contributed by atoms with E-state index in [1.807, 2.05) is 0 Å². The summed E-state index contributed by atoms with van der Waals surface area (Å²) in [5, 5.41) is 13.4. The number of alkyl carbamates (subject to hydrolysis) is 1. The van der Waals surface area contributed by atoms with Crippen LogP contribution in [-0.2, 0) is 11.3 Å². The highest BCUT2D eigenvalue weighted by Gasteiger charge is 2.19. The second kappa shape index (κ2) is 6.01. The smallest absolute Gasteiger partial charge is 0.407 e. The normalized spacial score (nSPS) is 10.9. The third-order valence-corrected chi connectivity index (χ3v) is 2.84. The van der Waals surface area contributed by atoms with Crippen molar-refractivity contribution >= 4 is 27.7 Å². The van der Waals surface area contributed by atoms with Gasteiger partial charge >= 0.3 is 6.09 Å². The molecular formula is C12H15BrN2O4. The van der Waals surface area contributed by atoms with Crippen LogP contribution in [0.3, 0.4) is 0 Å². The number of carbonyl (C=O) groups excluding carboxylic acids is 1. The van der Waals surface area contributed by atoms with Crippen LogP contribution >= 0.6 is 15.9 Å². The Hall–Kier alpha value is -1.63. The monoisotopic (exact) mass is 330 g/mol. The summed E-state index contributed by atoms with van der Waals surface area (Å²) in [6.07, 6.45) is -0.613. The Balaban J connectivity index is 2.78. The van der Waals surface area contributed by atoms with Crippen LogP contribution in [0.25, 0.3) is 0 Å². The molecule has 0 radical (unpaired) electrons. The lowest BCUT2D eigenvalue weighted by Gasteiger charge is -2.19. The van der Waals surface area contributed by atoms with Gasteiger partial charge in [-0.1, -0.05) is 22.0 Å². The summed E-state index contributed by atoms with van der Waals surface area (Å²) in [7, 11) is 0. The van der Waals surface area contributed by atoms with Gasteiger partial charge < -0.3 is 10.1 Å². The Morgan fingerprint density at radius 1 is 1.47 bits per heavy atom. The zero-order chi connectivity index (χ0) is 14.6. The predicted molar refractivity (Wildman–Crippen MR) is 73.9 cm³/mol. The van der Waals surface area contributed by atoms with Gasteiger partial charge in [-0.3, -0.25) is 10.1 Å². The predicted octanol–water partition coefficient (Wildman–Crippen LogP) is 3.38. The molecule has 0 atom stereocenters. The van der Waals surface area contributed by atoms with Crippen molar-refractivity contribution in [1.29, 1.82) is 0 Å². The molecule has 0 aliphatic carbocycles. The van der Waals surface area contributed by atoms with E-state index in [1.165, 1.54) is 6.07 Å². The highest BCUT2D eigenvalue weighted by Crippen LogP contribution is 2.26. The molecular weight excluding hydrogens is 316 g/mol. The molecule has 7 heteroatoms. The number of carbonyl (C=O) groups is 1. The van der Waals surface area contributed by atoms with Crippen molar-refractivity contribution in [3.8, 4) is 0 Å². The lowest BCUT2D eigenvalue weighted by atomic mass is 10.2. The Labute approximate surface area is 119 Å². The molecule has 0 bridgehead atoms. The van der Waals surface area contributed by atoms with E-state index in [4.69, 9.17) is 4.74 Å². The molecule has 0 saturated heterocycles. The van der Waals surface area contributed by atoms with E-state index in [0.29, 0.717) is 10.0 Å². The van der Waals surface area contributed by atoms with Gasteiger partial charge in [-0.05, 0) is 26.8 Å². The van der Waals surface area contributed by atoms with Crippen molar-refractivity contribution in [2.75, 3.05) is 0 Å². The number of nitro groups is 1. The first-order valence-corrected chi connectivity index (χ1v) is 6.38. The summed E-state index contributed by atoms with van der Waals surface area (Å²) < 4.78 is 5.63. The maximum absolute atomic E-state index is 11.5. The van der Waals surface area contributed by atoms with Crippen LogP contribution in [0.2, 0.25) is 0 Å². The van der Waals surface area contributed by atoms with Gasteiger partial charge in [0.2, 0.25) is 0 Å². The van der Waals surface area contributed by atoms with Crippen LogP contribution in [0.4, 0.5) is 10.5 Å². The Kier molecular flexibility index (Phi) is 4.88. The first-order valence-electron chi connectivity index (χ1n) is 5.59. The molecule has 6 nitrogen and oxygen atoms in total. The van der Waals surface area contributed by atoms with Crippen LogP contribution in [0.5, 0.6) is 0 Å². The second-order valence-electron chi connectivity index (χ2n) is 4.85. The SMILES string of the molecule is CC(C)(C)OC(=O)NCc1c(Br)cccc1[N+](=O)[O-]. The van der Waals surface area contributed by atoms with Crippen molar-refractivity contribution in [3.63, 3.8) is 0 Å². The molecule has 1 amide bonds. The summed E-state index contributed by atoms with van der Waals surface area (Å²) in [5.74, 6) is 0. The largest absolute Gasteiger partial charge is 0.444 e. The zero-order valence-electron chi connectivity index (χ0n) is 10.9. The maximum atomic E-state index is 11.5. The van der Waals surface area contributed by atoms with E-state index in [1.54, 1.807) is 32.9 Å². The number of halogens is 1. The highest BCUT2D eigenvalue weighted by molar-refractivity contribution is 9.10. The number of hydrogen-bond donors (Lipinski definition) is 1. The van der Waals surface area contributed by atoms with Gasteiger partial charge in [0.1, 0.15) is 5.60 Å². The van der Waals surface area contributed by atoms with E-state index in [0.717, 1.165) is 0 Å². The lowest BCUT2D eigenvalue weighted by Crippen LogP contribution is -2.32. The molecule has 1 aromatic rings. The minimum absolute atomic E-state index is 0.0205. The fourth-order valence-electron chi connectivity index (χ4n) is 1.37. The molecule has 1 aromatic carbocycles. The van der Waals surface area contributed by atoms with Gasteiger partial charge in [0, 0.05) is 10.5 Å². The molecule has 0 spiro atoms. The number of amides is 1. The van der Waals surface area contributed by atoms with E-state index >= 15 is 0 Å². The van der Waals surface area contributed by atoms with Crippen molar-refractivity contribution in [2.45, 2.75) is 32.9 Å². The number of nitrogens with one attached hydrogen (secondary N) is 1. The highest BCUT2D eigenvalue weighted by atomic mass is 79.9.